The highest BCUT2D eigenvalue weighted by Gasteiger charge is 2.19. The molecule has 7 nitrogen and oxygen atoms in total. The maximum absolute atomic E-state index is 6.35. The highest BCUT2D eigenvalue weighted by molar-refractivity contribution is 6.29. The number of rotatable bonds is 7. The number of allylic oxidation sites excluding steroid dienone is 5. The maximum atomic E-state index is 6.35. The molecule has 6 N–H and O–H groups in total. The van der Waals surface area contributed by atoms with E-state index in [9.17, 15) is 0 Å². The smallest absolute Gasteiger partial charge is 0.177 e. The highest BCUT2D eigenvalue weighted by atomic mass is 35.5. The predicted molar refractivity (Wildman–Crippen MR) is 133 cm³/mol. The Bertz CT molecular complexity index is 1050. The van der Waals surface area contributed by atoms with Crippen LogP contribution in [0.4, 0.5) is 5.82 Å². The van der Waals surface area contributed by atoms with E-state index in [2.05, 4.69) is 53.1 Å². The van der Waals surface area contributed by atoms with Crippen LogP contribution in [-0.4, -0.2) is 33.8 Å². The van der Waals surface area contributed by atoms with Gasteiger partial charge in [0.15, 0.2) is 5.84 Å². The zero-order valence-corrected chi connectivity index (χ0v) is 19.3. The van der Waals surface area contributed by atoms with Gasteiger partial charge >= 0.3 is 0 Å². The third kappa shape index (κ3) is 5.56. The summed E-state index contributed by atoms with van der Waals surface area (Å²) in [5.41, 5.74) is 10.5. The summed E-state index contributed by atoms with van der Waals surface area (Å²) in [6.45, 7) is 7.30. The number of nitrogens with zero attached hydrogens (tertiary/aromatic N) is 4. The van der Waals surface area contributed by atoms with Crippen LogP contribution in [0.1, 0.15) is 31.4 Å². The molecule has 0 unspecified atom stereocenters. The van der Waals surface area contributed by atoms with Crippen molar-refractivity contribution < 1.29 is 0 Å². The largest absolute Gasteiger partial charge is 0.383 e. The number of hydrogen-bond acceptors (Lipinski definition) is 6. The molecule has 0 fully saturated rings. The van der Waals surface area contributed by atoms with Crippen LogP contribution in [0.2, 0.25) is 0 Å². The molecular weight excluding hydrogens is 422 g/mol. The van der Waals surface area contributed by atoms with Crippen molar-refractivity contribution in [2.45, 2.75) is 26.8 Å². The number of halogens is 1. The van der Waals surface area contributed by atoms with Crippen LogP contribution in [0.25, 0.3) is 11.1 Å². The van der Waals surface area contributed by atoms with Crippen molar-refractivity contribution in [3.63, 3.8) is 0 Å². The van der Waals surface area contributed by atoms with E-state index in [1.807, 2.05) is 24.3 Å². The van der Waals surface area contributed by atoms with E-state index in [0.717, 1.165) is 30.8 Å². The first kappa shape index (κ1) is 23.5. The molecule has 0 saturated carbocycles. The molecule has 1 aliphatic carbocycles. The van der Waals surface area contributed by atoms with Gasteiger partial charge in [-0.1, -0.05) is 61.9 Å². The number of pyridine rings is 1. The van der Waals surface area contributed by atoms with E-state index in [0.29, 0.717) is 22.7 Å². The molecule has 3 rings (SSSR count). The fourth-order valence-electron chi connectivity index (χ4n) is 3.47. The molecule has 168 valence electrons. The van der Waals surface area contributed by atoms with E-state index < -0.39 is 0 Å². The Kier molecular flexibility index (Phi) is 8.05. The van der Waals surface area contributed by atoms with Gasteiger partial charge in [0.1, 0.15) is 5.82 Å². The summed E-state index contributed by atoms with van der Waals surface area (Å²) in [6.07, 6.45) is 9.80. The van der Waals surface area contributed by atoms with Crippen LogP contribution in [0, 0.1) is 0 Å². The number of nitrogen functional groups attached to an aromatic ring is 1. The molecule has 0 bridgehead atoms. The minimum absolute atomic E-state index is 0.284. The van der Waals surface area contributed by atoms with Gasteiger partial charge in [0.05, 0.1) is 11.3 Å². The van der Waals surface area contributed by atoms with Gasteiger partial charge in [0.25, 0.3) is 0 Å². The summed E-state index contributed by atoms with van der Waals surface area (Å²) in [4.78, 5) is 6.73. The van der Waals surface area contributed by atoms with Crippen molar-refractivity contribution >= 4 is 23.3 Å². The monoisotopic (exact) mass is 451 g/mol. The van der Waals surface area contributed by atoms with Crippen molar-refractivity contribution in [1.82, 2.24) is 14.9 Å². The summed E-state index contributed by atoms with van der Waals surface area (Å²) in [5.74, 6) is 12.6. The Labute approximate surface area is 194 Å². The molecule has 0 saturated heterocycles. The number of anilines is 1. The summed E-state index contributed by atoms with van der Waals surface area (Å²) in [6, 6.07) is 10.3. The number of benzene rings is 1. The zero-order chi connectivity index (χ0) is 23.1. The summed E-state index contributed by atoms with van der Waals surface area (Å²) >= 11 is 6.23. The standard InChI is InChI=1S/C24H30ClN7/c1-3-31(4-2)16-17-9-11-18(12-10-17)19-13-22(23(26)29-15-19)24(30-27)32(28)21-8-6-5-7-20(25)14-21/h5-6,8-15H,3-4,7,16,27-28H2,1-2H3,(H2,26,29)/b30-24-. The second-order valence-corrected chi connectivity index (χ2v) is 7.94. The lowest BCUT2D eigenvalue weighted by Crippen LogP contribution is -2.38. The van der Waals surface area contributed by atoms with Gasteiger partial charge in [0.2, 0.25) is 0 Å². The first-order chi connectivity index (χ1) is 15.5. The van der Waals surface area contributed by atoms with Gasteiger partial charge < -0.3 is 11.6 Å². The molecule has 0 aliphatic heterocycles. The minimum Gasteiger partial charge on any atom is -0.383 e. The second kappa shape index (κ2) is 10.9. The first-order valence-corrected chi connectivity index (χ1v) is 11.0. The zero-order valence-electron chi connectivity index (χ0n) is 18.5. The summed E-state index contributed by atoms with van der Waals surface area (Å²) in [5, 5.41) is 5.92. The molecule has 0 amide bonds. The van der Waals surface area contributed by atoms with Crippen LogP contribution in [0.15, 0.2) is 76.7 Å². The molecule has 0 atom stereocenters. The molecular formula is C24H30ClN7. The SMILES string of the molecule is CCN(CC)Cc1ccc(-c2cnc(N)c(/C(=N/N)N(N)C3=CC=CCC(Cl)=C3)c2)cc1. The van der Waals surface area contributed by atoms with Gasteiger partial charge in [-0.3, -0.25) is 9.91 Å². The van der Waals surface area contributed by atoms with Crippen molar-refractivity contribution in [2.75, 3.05) is 18.8 Å². The van der Waals surface area contributed by atoms with Crippen LogP contribution in [0.3, 0.4) is 0 Å². The van der Waals surface area contributed by atoms with Crippen molar-refractivity contribution in [3.8, 4) is 11.1 Å². The Balaban J connectivity index is 1.90. The normalized spacial score (nSPS) is 14.2. The quantitative estimate of drug-likeness (QED) is 0.254. The number of aromatic nitrogens is 1. The third-order valence-corrected chi connectivity index (χ3v) is 5.66. The van der Waals surface area contributed by atoms with E-state index in [-0.39, 0.29) is 11.7 Å². The molecule has 0 radical (unpaired) electrons. The maximum Gasteiger partial charge on any atom is 0.177 e. The lowest BCUT2D eigenvalue weighted by molar-refractivity contribution is 0.296. The molecule has 1 aliphatic rings. The topological polar surface area (TPSA) is 110 Å². The van der Waals surface area contributed by atoms with E-state index in [1.54, 1.807) is 12.3 Å². The number of amidine groups is 1. The molecule has 1 heterocycles. The number of hydrazine groups is 1. The average Bonchev–Trinajstić information content (AvgIpc) is 3.04. The summed E-state index contributed by atoms with van der Waals surface area (Å²) < 4.78 is 0. The van der Waals surface area contributed by atoms with Gasteiger partial charge in [-0.2, -0.15) is 5.10 Å². The Morgan fingerprint density at radius 1 is 1.16 bits per heavy atom. The Morgan fingerprint density at radius 2 is 1.88 bits per heavy atom. The third-order valence-electron chi connectivity index (χ3n) is 5.40. The van der Waals surface area contributed by atoms with Crippen LogP contribution < -0.4 is 17.4 Å². The molecule has 8 heteroatoms. The molecule has 1 aromatic carbocycles. The lowest BCUT2D eigenvalue weighted by atomic mass is 10.0. The fraction of sp³-hybridized carbons (Fsp3) is 0.250. The highest BCUT2D eigenvalue weighted by Crippen LogP contribution is 2.25. The Morgan fingerprint density at radius 3 is 2.53 bits per heavy atom. The Hall–Kier alpha value is -3.13. The van der Waals surface area contributed by atoms with Crippen LogP contribution in [-0.2, 0) is 6.54 Å². The molecule has 32 heavy (non-hydrogen) atoms. The van der Waals surface area contributed by atoms with Crippen molar-refractivity contribution in [2.24, 2.45) is 16.8 Å². The fourth-order valence-corrected chi connectivity index (χ4v) is 3.67. The van der Waals surface area contributed by atoms with Gasteiger partial charge in [-0.15, -0.1) is 0 Å². The number of nitrogens with two attached hydrogens (primary N) is 3. The van der Waals surface area contributed by atoms with Gasteiger partial charge in [0, 0.05) is 29.8 Å². The van der Waals surface area contributed by atoms with Gasteiger partial charge in [-0.05, 0) is 42.4 Å². The predicted octanol–water partition coefficient (Wildman–Crippen LogP) is 3.94. The van der Waals surface area contributed by atoms with Crippen LogP contribution in [0.5, 0.6) is 0 Å². The minimum atomic E-state index is 0.284. The average molecular weight is 452 g/mol. The van der Waals surface area contributed by atoms with Crippen molar-refractivity contribution in [3.05, 3.63) is 82.7 Å². The molecule has 0 spiro atoms. The van der Waals surface area contributed by atoms with Gasteiger partial charge in [-0.25, -0.2) is 10.8 Å². The first-order valence-electron chi connectivity index (χ1n) is 10.6. The lowest BCUT2D eigenvalue weighted by Gasteiger charge is -2.22. The second-order valence-electron chi connectivity index (χ2n) is 7.45. The van der Waals surface area contributed by atoms with Crippen LogP contribution >= 0.6 is 11.6 Å². The van der Waals surface area contributed by atoms with E-state index in [1.165, 1.54) is 10.6 Å². The number of hydrogen-bond donors (Lipinski definition) is 3. The van der Waals surface area contributed by atoms with E-state index in [4.69, 9.17) is 29.0 Å². The number of hydrazone groups is 1. The van der Waals surface area contributed by atoms with E-state index >= 15 is 0 Å². The van der Waals surface area contributed by atoms with Crippen molar-refractivity contribution in [1.29, 1.82) is 0 Å². The molecule has 2 aromatic rings. The summed E-state index contributed by atoms with van der Waals surface area (Å²) in [7, 11) is 0. The molecule has 1 aromatic heterocycles.